The van der Waals surface area contributed by atoms with Crippen molar-refractivity contribution in [2.24, 2.45) is 0 Å². The van der Waals surface area contributed by atoms with Crippen molar-refractivity contribution < 1.29 is 27.9 Å². The summed E-state index contributed by atoms with van der Waals surface area (Å²) in [5.41, 5.74) is 0.119. The summed E-state index contributed by atoms with van der Waals surface area (Å²) in [6.45, 7) is 0.754. The molecule has 24 heavy (non-hydrogen) atoms. The van der Waals surface area contributed by atoms with Gasteiger partial charge in [-0.2, -0.15) is 0 Å². The molecule has 1 atom stereocenters. The minimum absolute atomic E-state index is 0.0754. The highest BCUT2D eigenvalue weighted by molar-refractivity contribution is 5.92. The first-order valence-electron chi connectivity index (χ1n) is 7.53. The number of nitrogens with zero attached hydrogens (tertiary/aromatic N) is 2. The number of hydrogen-bond donors (Lipinski definition) is 1. The van der Waals surface area contributed by atoms with Crippen LogP contribution in [0.3, 0.4) is 0 Å². The molecular formula is C16H16F2N2O4. The van der Waals surface area contributed by atoms with E-state index in [1.54, 1.807) is 0 Å². The zero-order valence-corrected chi connectivity index (χ0v) is 12.7. The summed E-state index contributed by atoms with van der Waals surface area (Å²) < 4.78 is 36.2. The van der Waals surface area contributed by atoms with Gasteiger partial charge < -0.3 is 19.3 Å². The summed E-state index contributed by atoms with van der Waals surface area (Å²) in [6.07, 6.45) is 0.887. The van der Waals surface area contributed by atoms with Crippen molar-refractivity contribution in [3.8, 4) is 5.75 Å². The second kappa shape index (κ2) is 6.96. The topological polar surface area (TPSA) is 75.8 Å². The predicted molar refractivity (Wildman–Crippen MR) is 78.3 cm³/mol. The highest BCUT2D eigenvalue weighted by Gasteiger charge is 2.25. The average molecular weight is 338 g/mol. The van der Waals surface area contributed by atoms with Crippen LogP contribution in [-0.4, -0.2) is 40.3 Å². The van der Waals surface area contributed by atoms with Gasteiger partial charge >= 0.3 is 0 Å². The van der Waals surface area contributed by atoms with E-state index in [1.807, 2.05) is 0 Å². The fourth-order valence-corrected chi connectivity index (χ4v) is 2.50. The van der Waals surface area contributed by atoms with Crippen LogP contribution in [0, 0.1) is 11.6 Å². The highest BCUT2D eigenvalue weighted by atomic mass is 19.2. The Kier molecular flexibility index (Phi) is 4.75. The van der Waals surface area contributed by atoms with E-state index in [4.69, 9.17) is 9.26 Å². The predicted octanol–water partition coefficient (Wildman–Crippen LogP) is 2.13. The van der Waals surface area contributed by atoms with Crippen molar-refractivity contribution in [3.05, 3.63) is 47.4 Å². The first-order chi connectivity index (χ1) is 11.5. The van der Waals surface area contributed by atoms with Gasteiger partial charge in [-0.1, -0.05) is 5.16 Å². The lowest BCUT2D eigenvalue weighted by atomic mass is 10.1. The number of ether oxygens (including phenoxy) is 1. The van der Waals surface area contributed by atoms with Crippen LogP contribution >= 0.6 is 0 Å². The van der Waals surface area contributed by atoms with Crippen LogP contribution in [0.4, 0.5) is 8.78 Å². The molecule has 1 aromatic heterocycles. The van der Waals surface area contributed by atoms with Crippen molar-refractivity contribution in [2.45, 2.75) is 25.6 Å². The van der Waals surface area contributed by atoms with E-state index in [1.165, 1.54) is 17.0 Å². The molecule has 2 aromatic rings. The number of halogens is 2. The van der Waals surface area contributed by atoms with E-state index in [0.717, 1.165) is 18.6 Å². The third kappa shape index (κ3) is 3.70. The van der Waals surface area contributed by atoms with Crippen LogP contribution < -0.4 is 4.74 Å². The van der Waals surface area contributed by atoms with Gasteiger partial charge in [0.05, 0.1) is 6.10 Å². The summed E-state index contributed by atoms with van der Waals surface area (Å²) in [5.74, 6) is -1.88. The number of amides is 1. The Balaban J connectivity index is 1.60. The first-order valence-corrected chi connectivity index (χ1v) is 7.53. The number of rotatable bonds is 4. The molecule has 0 spiro atoms. The summed E-state index contributed by atoms with van der Waals surface area (Å²) >= 11 is 0. The van der Waals surface area contributed by atoms with Gasteiger partial charge in [-0.05, 0) is 25.0 Å². The van der Waals surface area contributed by atoms with Crippen LogP contribution in [0.1, 0.15) is 29.1 Å². The molecule has 0 unspecified atom stereocenters. The lowest BCUT2D eigenvalue weighted by molar-refractivity contribution is 0.0465. The normalized spacial score (nSPS) is 17.8. The van der Waals surface area contributed by atoms with Crippen molar-refractivity contribution in [1.29, 1.82) is 0 Å². The molecule has 1 amide bonds. The molecule has 1 saturated heterocycles. The van der Waals surface area contributed by atoms with E-state index < -0.39 is 17.7 Å². The fraction of sp³-hybridized carbons (Fsp3) is 0.375. The van der Waals surface area contributed by atoms with Gasteiger partial charge in [0, 0.05) is 25.2 Å². The number of hydrogen-bond acceptors (Lipinski definition) is 5. The van der Waals surface area contributed by atoms with Gasteiger partial charge in [0.15, 0.2) is 23.1 Å². The quantitative estimate of drug-likeness (QED) is 0.924. The number of benzene rings is 1. The number of β-amino-alcohol motifs (C(OH)–C–C–N with tert-alkyl or cyclic N) is 1. The molecule has 1 aliphatic rings. The third-order valence-corrected chi connectivity index (χ3v) is 3.73. The molecule has 0 saturated carbocycles. The molecule has 6 nitrogen and oxygen atoms in total. The van der Waals surface area contributed by atoms with Gasteiger partial charge in [-0.25, -0.2) is 8.78 Å². The molecule has 8 heteroatoms. The Hall–Kier alpha value is -2.48. The minimum Gasteiger partial charge on any atom is -0.485 e. The van der Waals surface area contributed by atoms with Gasteiger partial charge in [-0.3, -0.25) is 4.79 Å². The molecule has 0 aliphatic carbocycles. The fourth-order valence-electron chi connectivity index (χ4n) is 2.50. The molecule has 1 fully saturated rings. The van der Waals surface area contributed by atoms with Gasteiger partial charge in [0.2, 0.25) is 0 Å². The summed E-state index contributed by atoms with van der Waals surface area (Å²) in [6, 6.07) is 4.60. The lowest BCUT2D eigenvalue weighted by Gasteiger charge is -2.29. The summed E-state index contributed by atoms with van der Waals surface area (Å²) in [5, 5.41) is 13.3. The van der Waals surface area contributed by atoms with Crippen LogP contribution in [0.2, 0.25) is 0 Å². The van der Waals surface area contributed by atoms with Crippen molar-refractivity contribution >= 4 is 5.91 Å². The van der Waals surface area contributed by atoms with Crippen molar-refractivity contribution in [3.63, 3.8) is 0 Å². The molecule has 3 rings (SSSR count). The largest absolute Gasteiger partial charge is 0.485 e. The molecule has 1 N–H and O–H groups in total. The maximum Gasteiger partial charge on any atom is 0.276 e. The van der Waals surface area contributed by atoms with Crippen LogP contribution in [0.5, 0.6) is 5.75 Å². The number of carbonyl (C=O) groups excluding carboxylic acids is 1. The third-order valence-electron chi connectivity index (χ3n) is 3.73. The second-order valence-electron chi connectivity index (χ2n) is 5.59. The molecule has 0 bridgehead atoms. The zero-order valence-electron chi connectivity index (χ0n) is 12.7. The number of aliphatic hydroxyl groups excluding tert-OH is 1. The van der Waals surface area contributed by atoms with Crippen LogP contribution in [0.25, 0.3) is 0 Å². The standard InChI is InChI=1S/C16H16F2N2O4/c17-13-4-3-11(6-14(13)18)23-9-12-7-15(19-24-12)16(22)20-5-1-2-10(21)8-20/h3-4,6-7,10,21H,1-2,5,8-9H2/t10-/m0/s1. The summed E-state index contributed by atoms with van der Waals surface area (Å²) in [4.78, 5) is 13.8. The second-order valence-corrected chi connectivity index (χ2v) is 5.59. The van der Waals surface area contributed by atoms with Gasteiger partial charge in [-0.15, -0.1) is 0 Å². The number of aromatic nitrogens is 1. The molecule has 1 aliphatic heterocycles. The zero-order chi connectivity index (χ0) is 17.1. The Bertz CT molecular complexity index is 735. The maximum absolute atomic E-state index is 13.1. The Morgan fingerprint density at radius 2 is 2.21 bits per heavy atom. The van der Waals surface area contributed by atoms with Crippen molar-refractivity contribution in [1.82, 2.24) is 10.1 Å². The first kappa shape index (κ1) is 16.4. The van der Waals surface area contributed by atoms with E-state index >= 15 is 0 Å². The minimum atomic E-state index is -1.01. The number of carbonyl (C=O) groups is 1. The van der Waals surface area contributed by atoms with Gasteiger partial charge in [0.25, 0.3) is 5.91 Å². The number of aliphatic hydroxyl groups is 1. The monoisotopic (exact) mass is 338 g/mol. The van der Waals surface area contributed by atoms with Gasteiger partial charge in [0.1, 0.15) is 12.4 Å². The Morgan fingerprint density at radius 3 is 2.96 bits per heavy atom. The maximum atomic E-state index is 13.1. The van der Waals surface area contributed by atoms with Crippen molar-refractivity contribution in [2.75, 3.05) is 13.1 Å². The number of likely N-dealkylation sites (tertiary alicyclic amines) is 1. The van der Waals surface area contributed by atoms with Crippen LogP contribution in [0.15, 0.2) is 28.8 Å². The van der Waals surface area contributed by atoms with E-state index in [2.05, 4.69) is 5.16 Å². The molecule has 2 heterocycles. The van der Waals surface area contributed by atoms with Crippen LogP contribution in [-0.2, 0) is 6.61 Å². The Labute approximate surface area is 136 Å². The molecule has 128 valence electrons. The smallest absolute Gasteiger partial charge is 0.276 e. The lowest BCUT2D eigenvalue weighted by Crippen LogP contribution is -2.42. The highest BCUT2D eigenvalue weighted by Crippen LogP contribution is 2.18. The molecular weight excluding hydrogens is 322 g/mol. The Morgan fingerprint density at radius 1 is 1.38 bits per heavy atom. The molecule has 0 radical (unpaired) electrons. The van der Waals surface area contributed by atoms with E-state index in [0.29, 0.717) is 13.0 Å². The number of piperidine rings is 1. The SMILES string of the molecule is O=C(c1cc(COc2ccc(F)c(F)c2)on1)N1CCC[C@H](O)C1. The van der Waals surface area contributed by atoms with E-state index in [9.17, 15) is 18.7 Å². The summed E-state index contributed by atoms with van der Waals surface area (Å²) in [7, 11) is 0. The average Bonchev–Trinajstić information content (AvgIpc) is 3.04. The van der Waals surface area contributed by atoms with E-state index in [-0.39, 0.29) is 36.3 Å². The molecule has 1 aromatic carbocycles.